The minimum atomic E-state index is -0.343. The summed E-state index contributed by atoms with van der Waals surface area (Å²) >= 11 is 0. The highest BCUT2D eigenvalue weighted by Crippen LogP contribution is 2.67. The third-order valence-corrected chi connectivity index (χ3v) is 15.2. The fourth-order valence-electron chi connectivity index (χ4n) is 13.5. The Bertz CT molecular complexity index is 1050. The molecule has 7 aliphatic carbocycles. The summed E-state index contributed by atoms with van der Waals surface area (Å²) in [6.45, 7) is 17.6. The number of hydrogen-bond acceptors (Lipinski definition) is 4. The molecule has 0 aromatic heterocycles. The number of ether oxygens (including phenoxy) is 2. The number of rotatable bonds is 8. The van der Waals surface area contributed by atoms with Crippen LogP contribution in [0.3, 0.4) is 0 Å². The van der Waals surface area contributed by atoms with E-state index < -0.39 is 0 Å². The molecule has 7 aliphatic rings. The first-order valence-corrected chi connectivity index (χ1v) is 19.9. The van der Waals surface area contributed by atoms with Crippen LogP contribution in [-0.2, 0) is 19.1 Å². The van der Waals surface area contributed by atoms with Crippen LogP contribution in [0, 0.1) is 82.9 Å². The van der Waals surface area contributed by atoms with Crippen molar-refractivity contribution in [3.05, 3.63) is 0 Å². The number of fused-ring (bicyclic) bond motifs is 10. The molecule has 4 bridgehead atoms. The zero-order valence-corrected chi connectivity index (χ0v) is 30.3. The molecule has 0 N–H and O–H groups in total. The Morgan fingerprint density at radius 2 is 1.02 bits per heavy atom. The molecule has 4 heteroatoms. The van der Waals surface area contributed by atoms with E-state index >= 15 is 0 Å². The molecule has 0 spiro atoms. The van der Waals surface area contributed by atoms with Gasteiger partial charge in [-0.15, -0.1) is 0 Å². The van der Waals surface area contributed by atoms with Gasteiger partial charge < -0.3 is 9.47 Å². The van der Waals surface area contributed by atoms with Gasteiger partial charge in [-0.3, -0.25) is 9.59 Å². The zero-order valence-electron chi connectivity index (χ0n) is 30.3. The van der Waals surface area contributed by atoms with Gasteiger partial charge in [0.15, 0.2) is 0 Å². The van der Waals surface area contributed by atoms with Crippen molar-refractivity contribution in [3.8, 4) is 0 Å². The first-order valence-electron chi connectivity index (χ1n) is 19.9. The fraction of sp³-hybridized carbons (Fsp3) is 0.951. The number of carbonyl (C=O) groups excluding carboxylic acids is 2. The lowest BCUT2D eigenvalue weighted by Gasteiger charge is -2.37. The summed E-state index contributed by atoms with van der Waals surface area (Å²) in [6, 6.07) is 0. The quantitative estimate of drug-likeness (QED) is 0.252. The summed E-state index contributed by atoms with van der Waals surface area (Å²) in [5, 5.41) is 0. The molecule has 4 nitrogen and oxygen atoms in total. The Hall–Kier alpha value is -1.06. The highest BCUT2D eigenvalue weighted by molar-refractivity contribution is 5.74. The van der Waals surface area contributed by atoms with E-state index in [1.165, 1.54) is 64.2 Å². The first-order chi connectivity index (χ1) is 21.5. The van der Waals surface area contributed by atoms with Crippen LogP contribution >= 0.6 is 0 Å². The van der Waals surface area contributed by atoms with Crippen molar-refractivity contribution < 1.29 is 19.1 Å². The predicted octanol–water partition coefficient (Wildman–Crippen LogP) is 10.3. The SMILES string of the molecule is CCC1CC(CC)C2C3CC(CC3C(=O)OC(C)(C)C)C12.CCC1CC(CC)C2C3CC(CC3C(=O)OC3(CC)CCCC3)C12. The number of hydrogen-bond donors (Lipinski definition) is 0. The minimum absolute atomic E-state index is 0.0863. The monoisotopic (exact) mass is 625 g/mol. The lowest BCUT2D eigenvalue weighted by molar-refractivity contribution is -0.168. The van der Waals surface area contributed by atoms with Crippen LogP contribution in [0.2, 0.25) is 0 Å². The van der Waals surface area contributed by atoms with Crippen molar-refractivity contribution in [2.24, 2.45) is 82.9 Å². The van der Waals surface area contributed by atoms with Gasteiger partial charge >= 0.3 is 11.9 Å². The van der Waals surface area contributed by atoms with Gasteiger partial charge in [-0.05, 0) is 162 Å². The molecule has 45 heavy (non-hydrogen) atoms. The van der Waals surface area contributed by atoms with Crippen molar-refractivity contribution >= 4 is 11.9 Å². The van der Waals surface area contributed by atoms with Crippen LogP contribution in [0.1, 0.15) is 152 Å². The van der Waals surface area contributed by atoms with Crippen LogP contribution in [0.4, 0.5) is 0 Å². The second-order valence-electron chi connectivity index (χ2n) is 18.2. The second kappa shape index (κ2) is 13.1. The lowest BCUT2D eigenvalue weighted by atomic mass is 9.70. The summed E-state index contributed by atoms with van der Waals surface area (Å²) in [4.78, 5) is 25.6. The van der Waals surface area contributed by atoms with Crippen LogP contribution in [0.5, 0.6) is 0 Å². The Kier molecular flexibility index (Phi) is 9.85. The molecule has 14 atom stereocenters. The Balaban J connectivity index is 0.000000160. The maximum absolute atomic E-state index is 13.1. The largest absolute Gasteiger partial charge is 0.460 e. The van der Waals surface area contributed by atoms with E-state index in [0.717, 1.165) is 91.3 Å². The molecular formula is C41H68O4. The first kappa shape index (κ1) is 33.8. The topological polar surface area (TPSA) is 52.6 Å². The highest BCUT2D eigenvalue weighted by Gasteiger charge is 2.62. The predicted molar refractivity (Wildman–Crippen MR) is 181 cm³/mol. The van der Waals surface area contributed by atoms with Gasteiger partial charge in [0.1, 0.15) is 11.2 Å². The third kappa shape index (κ3) is 6.06. The summed E-state index contributed by atoms with van der Waals surface area (Å²) in [7, 11) is 0. The summed E-state index contributed by atoms with van der Waals surface area (Å²) in [6.07, 6.45) is 18.6. The lowest BCUT2D eigenvalue weighted by Crippen LogP contribution is -2.39. The van der Waals surface area contributed by atoms with E-state index in [-0.39, 0.29) is 35.0 Å². The van der Waals surface area contributed by atoms with Crippen molar-refractivity contribution in [3.63, 3.8) is 0 Å². The molecule has 7 fully saturated rings. The average molecular weight is 625 g/mol. The summed E-state index contributed by atoms with van der Waals surface area (Å²) < 4.78 is 11.9. The smallest absolute Gasteiger partial charge is 0.309 e. The van der Waals surface area contributed by atoms with E-state index in [2.05, 4.69) is 34.6 Å². The van der Waals surface area contributed by atoms with Crippen LogP contribution in [0.25, 0.3) is 0 Å². The third-order valence-electron chi connectivity index (χ3n) is 15.2. The van der Waals surface area contributed by atoms with Gasteiger partial charge in [0, 0.05) is 0 Å². The van der Waals surface area contributed by atoms with Crippen molar-refractivity contribution in [2.75, 3.05) is 0 Å². The van der Waals surface area contributed by atoms with Crippen molar-refractivity contribution in [1.29, 1.82) is 0 Å². The van der Waals surface area contributed by atoms with E-state index in [1.807, 2.05) is 20.8 Å². The Labute approximate surface area is 276 Å². The fourth-order valence-corrected chi connectivity index (χ4v) is 13.5. The molecule has 7 rings (SSSR count). The Morgan fingerprint density at radius 3 is 1.42 bits per heavy atom. The summed E-state index contributed by atoms with van der Waals surface area (Å²) in [5.74, 6) is 10.7. The average Bonchev–Trinajstić information content (AvgIpc) is 3.85. The van der Waals surface area contributed by atoms with Gasteiger partial charge in [-0.2, -0.15) is 0 Å². The normalized spacial score (nSPS) is 45.2. The molecule has 0 saturated heterocycles. The van der Waals surface area contributed by atoms with Gasteiger partial charge in [-0.1, -0.05) is 60.3 Å². The van der Waals surface area contributed by atoms with E-state index in [0.29, 0.717) is 11.8 Å². The van der Waals surface area contributed by atoms with Crippen molar-refractivity contribution in [2.45, 2.75) is 163 Å². The zero-order chi connectivity index (χ0) is 32.3. The molecule has 0 heterocycles. The Morgan fingerprint density at radius 1 is 0.600 bits per heavy atom. The number of carbonyl (C=O) groups is 2. The summed E-state index contributed by atoms with van der Waals surface area (Å²) in [5.41, 5.74) is -0.450. The van der Waals surface area contributed by atoms with Gasteiger partial charge in [0.05, 0.1) is 11.8 Å². The number of esters is 2. The van der Waals surface area contributed by atoms with E-state index in [1.54, 1.807) is 0 Å². The molecule has 7 saturated carbocycles. The highest BCUT2D eigenvalue weighted by atomic mass is 16.6. The maximum Gasteiger partial charge on any atom is 0.309 e. The molecule has 0 radical (unpaired) electrons. The van der Waals surface area contributed by atoms with Gasteiger partial charge in [-0.25, -0.2) is 0 Å². The van der Waals surface area contributed by atoms with Crippen LogP contribution in [-0.4, -0.2) is 23.1 Å². The van der Waals surface area contributed by atoms with E-state index in [4.69, 9.17) is 9.47 Å². The molecule has 0 aromatic rings. The standard InChI is InChI=1S/C22H36O2.C19H32O2/c1-4-14-11-15(5-2)20-17-12-16(19(14)20)13-18(17)21(23)24-22(6-3)9-7-8-10-22;1-6-11-8-12(7-2)17-14-9-13(16(11)17)10-15(14)18(20)21-19(3,4)5/h14-20H,4-13H2,1-3H3;11-17H,6-10H2,1-5H3. The van der Waals surface area contributed by atoms with Gasteiger partial charge in [0.2, 0.25) is 0 Å². The van der Waals surface area contributed by atoms with E-state index in [9.17, 15) is 9.59 Å². The van der Waals surface area contributed by atoms with Crippen LogP contribution < -0.4 is 0 Å². The molecule has 256 valence electrons. The van der Waals surface area contributed by atoms with Crippen molar-refractivity contribution in [1.82, 2.24) is 0 Å². The molecule has 14 unspecified atom stereocenters. The van der Waals surface area contributed by atoms with Crippen LogP contribution in [0.15, 0.2) is 0 Å². The molecule has 0 aliphatic heterocycles. The second-order valence-corrected chi connectivity index (χ2v) is 18.2. The molecule has 0 aromatic carbocycles. The van der Waals surface area contributed by atoms with Gasteiger partial charge in [0.25, 0.3) is 0 Å². The molecular weight excluding hydrogens is 556 g/mol. The maximum atomic E-state index is 13.1. The minimum Gasteiger partial charge on any atom is -0.460 e. The molecule has 0 amide bonds.